The van der Waals surface area contributed by atoms with Crippen molar-refractivity contribution >= 4 is 11.6 Å². The molecule has 90 valence electrons. The number of hydrogen-bond acceptors (Lipinski definition) is 1. The molecule has 1 aromatic carbocycles. The first-order valence-electron chi connectivity index (χ1n) is 4.99. The Kier molecular flexibility index (Phi) is 4.21. The molecule has 0 amide bonds. The molecule has 0 aliphatic rings. The van der Waals surface area contributed by atoms with E-state index >= 15 is 0 Å². The highest BCUT2D eigenvalue weighted by molar-refractivity contribution is 6.31. The lowest BCUT2D eigenvalue weighted by molar-refractivity contribution is -0.138. The van der Waals surface area contributed by atoms with E-state index in [-0.39, 0.29) is 10.6 Å². The Balaban J connectivity index is 3.24. The van der Waals surface area contributed by atoms with E-state index in [0.29, 0.717) is 12.8 Å². The fourth-order valence-electron chi connectivity index (χ4n) is 1.62. The summed E-state index contributed by atoms with van der Waals surface area (Å²) in [4.78, 5) is 0. The molecule has 2 N–H and O–H groups in total. The van der Waals surface area contributed by atoms with E-state index in [0.717, 1.165) is 6.07 Å². The number of halogens is 4. The summed E-state index contributed by atoms with van der Waals surface area (Å²) in [6, 6.07) is 3.06. The Labute approximate surface area is 97.4 Å². The summed E-state index contributed by atoms with van der Waals surface area (Å²) in [5.74, 6) is 0. The SMILES string of the molecule is CCC[C@@H](N)c1c(Cl)cccc1C(F)(F)F. The Hall–Kier alpha value is -0.740. The second-order valence-electron chi connectivity index (χ2n) is 3.59. The van der Waals surface area contributed by atoms with Gasteiger partial charge in [0.1, 0.15) is 0 Å². The van der Waals surface area contributed by atoms with Gasteiger partial charge < -0.3 is 5.73 Å². The highest BCUT2D eigenvalue weighted by Crippen LogP contribution is 2.38. The quantitative estimate of drug-likeness (QED) is 0.858. The molecule has 16 heavy (non-hydrogen) atoms. The zero-order valence-corrected chi connectivity index (χ0v) is 9.57. The Morgan fingerprint density at radius 1 is 1.38 bits per heavy atom. The minimum Gasteiger partial charge on any atom is -0.324 e. The average Bonchev–Trinajstić information content (AvgIpc) is 2.16. The van der Waals surface area contributed by atoms with Gasteiger partial charge in [-0.1, -0.05) is 31.0 Å². The van der Waals surface area contributed by atoms with Crippen molar-refractivity contribution in [2.24, 2.45) is 5.73 Å². The molecular formula is C11H13ClF3N. The summed E-state index contributed by atoms with van der Waals surface area (Å²) in [5.41, 5.74) is 4.98. The third-order valence-corrected chi connectivity index (χ3v) is 2.66. The van der Waals surface area contributed by atoms with Gasteiger partial charge >= 0.3 is 6.18 Å². The first kappa shape index (κ1) is 13.3. The van der Waals surface area contributed by atoms with Crippen molar-refractivity contribution in [3.63, 3.8) is 0 Å². The lowest BCUT2D eigenvalue weighted by Crippen LogP contribution is -2.17. The van der Waals surface area contributed by atoms with Crippen LogP contribution in [0.2, 0.25) is 5.02 Å². The van der Waals surface area contributed by atoms with Gasteiger partial charge in [0.05, 0.1) is 5.56 Å². The smallest absolute Gasteiger partial charge is 0.324 e. The molecule has 0 radical (unpaired) electrons. The van der Waals surface area contributed by atoms with Gasteiger partial charge in [-0.25, -0.2) is 0 Å². The standard InChI is InChI=1S/C11H13ClF3N/c1-2-4-9(16)10-7(11(13,14)15)5-3-6-8(10)12/h3,5-6,9H,2,4,16H2,1H3/t9-/m1/s1. The number of nitrogens with two attached hydrogens (primary N) is 1. The topological polar surface area (TPSA) is 26.0 Å². The molecule has 1 nitrogen and oxygen atoms in total. The molecule has 1 atom stereocenters. The molecule has 5 heteroatoms. The van der Waals surface area contributed by atoms with E-state index in [1.165, 1.54) is 12.1 Å². The van der Waals surface area contributed by atoms with Crippen molar-refractivity contribution < 1.29 is 13.2 Å². The lowest BCUT2D eigenvalue weighted by Gasteiger charge is -2.19. The third-order valence-electron chi connectivity index (χ3n) is 2.33. The molecular weight excluding hydrogens is 239 g/mol. The molecule has 1 aromatic rings. The molecule has 0 saturated carbocycles. The minimum absolute atomic E-state index is 0.00137. The molecule has 0 saturated heterocycles. The summed E-state index contributed by atoms with van der Waals surface area (Å²) in [6.45, 7) is 1.87. The predicted molar refractivity (Wildman–Crippen MR) is 58.3 cm³/mol. The first-order valence-corrected chi connectivity index (χ1v) is 5.37. The molecule has 0 unspecified atom stereocenters. The second kappa shape index (κ2) is 5.06. The second-order valence-corrected chi connectivity index (χ2v) is 4.00. The van der Waals surface area contributed by atoms with Crippen molar-refractivity contribution in [1.82, 2.24) is 0 Å². The van der Waals surface area contributed by atoms with E-state index in [2.05, 4.69) is 0 Å². The van der Waals surface area contributed by atoms with E-state index in [9.17, 15) is 13.2 Å². The zero-order valence-electron chi connectivity index (χ0n) is 8.81. The molecule has 0 aliphatic carbocycles. The van der Waals surface area contributed by atoms with Crippen LogP contribution in [0, 0.1) is 0 Å². The summed E-state index contributed by atoms with van der Waals surface area (Å²) in [5, 5.41) is 0.0794. The maximum atomic E-state index is 12.7. The predicted octanol–water partition coefficient (Wildman–Crippen LogP) is 4.16. The lowest BCUT2D eigenvalue weighted by atomic mass is 9.97. The van der Waals surface area contributed by atoms with Crippen LogP contribution >= 0.6 is 11.6 Å². The fraction of sp³-hybridized carbons (Fsp3) is 0.455. The molecule has 1 rings (SSSR count). The van der Waals surface area contributed by atoms with Crippen molar-refractivity contribution in [3.05, 3.63) is 34.3 Å². The van der Waals surface area contributed by atoms with Gasteiger partial charge in [-0.05, 0) is 24.1 Å². The number of benzene rings is 1. The molecule has 0 aliphatic heterocycles. The molecule has 0 aromatic heterocycles. The van der Waals surface area contributed by atoms with Crippen molar-refractivity contribution in [2.75, 3.05) is 0 Å². The van der Waals surface area contributed by atoms with Gasteiger partial charge in [0.2, 0.25) is 0 Å². The van der Waals surface area contributed by atoms with Gasteiger partial charge in [0.25, 0.3) is 0 Å². The van der Waals surface area contributed by atoms with E-state index < -0.39 is 17.8 Å². The van der Waals surface area contributed by atoms with Gasteiger partial charge in [0.15, 0.2) is 0 Å². The van der Waals surface area contributed by atoms with Crippen molar-refractivity contribution in [3.8, 4) is 0 Å². The third kappa shape index (κ3) is 2.89. The number of rotatable bonds is 3. The summed E-state index contributed by atoms with van der Waals surface area (Å²) in [7, 11) is 0. The maximum Gasteiger partial charge on any atom is 0.416 e. The Morgan fingerprint density at radius 2 is 2.00 bits per heavy atom. The first-order chi connectivity index (χ1) is 7.38. The average molecular weight is 252 g/mol. The number of alkyl halides is 3. The van der Waals surface area contributed by atoms with Gasteiger partial charge in [-0.3, -0.25) is 0 Å². The van der Waals surface area contributed by atoms with Crippen LogP contribution in [0.3, 0.4) is 0 Å². The molecule has 0 fully saturated rings. The van der Waals surface area contributed by atoms with Crippen LogP contribution in [0.15, 0.2) is 18.2 Å². The van der Waals surface area contributed by atoms with Crippen LogP contribution in [0.5, 0.6) is 0 Å². The van der Waals surface area contributed by atoms with E-state index in [4.69, 9.17) is 17.3 Å². The van der Waals surface area contributed by atoms with E-state index in [1.54, 1.807) is 0 Å². The van der Waals surface area contributed by atoms with Crippen LogP contribution in [-0.4, -0.2) is 0 Å². The summed E-state index contributed by atoms with van der Waals surface area (Å²) < 4.78 is 38.1. The fourth-order valence-corrected chi connectivity index (χ4v) is 1.93. The summed E-state index contributed by atoms with van der Waals surface area (Å²) in [6.07, 6.45) is -3.22. The van der Waals surface area contributed by atoms with E-state index in [1.807, 2.05) is 6.92 Å². The van der Waals surface area contributed by atoms with Gasteiger partial charge in [0, 0.05) is 11.1 Å². The van der Waals surface area contributed by atoms with Crippen LogP contribution in [-0.2, 0) is 6.18 Å². The van der Waals surface area contributed by atoms with Crippen LogP contribution < -0.4 is 5.73 Å². The monoisotopic (exact) mass is 251 g/mol. The highest BCUT2D eigenvalue weighted by atomic mass is 35.5. The zero-order chi connectivity index (χ0) is 12.3. The summed E-state index contributed by atoms with van der Waals surface area (Å²) >= 11 is 5.79. The van der Waals surface area contributed by atoms with Crippen LogP contribution in [0.1, 0.15) is 36.9 Å². The minimum atomic E-state index is -4.41. The number of hydrogen-bond donors (Lipinski definition) is 1. The van der Waals surface area contributed by atoms with Crippen LogP contribution in [0.25, 0.3) is 0 Å². The normalized spacial score (nSPS) is 13.9. The molecule has 0 spiro atoms. The van der Waals surface area contributed by atoms with Crippen molar-refractivity contribution in [1.29, 1.82) is 0 Å². The Bertz CT molecular complexity index is 363. The maximum absolute atomic E-state index is 12.7. The Morgan fingerprint density at radius 3 is 2.50 bits per heavy atom. The van der Waals surface area contributed by atoms with Gasteiger partial charge in [-0.2, -0.15) is 13.2 Å². The largest absolute Gasteiger partial charge is 0.416 e. The molecule has 0 heterocycles. The van der Waals surface area contributed by atoms with Gasteiger partial charge in [-0.15, -0.1) is 0 Å². The molecule has 0 bridgehead atoms. The highest BCUT2D eigenvalue weighted by Gasteiger charge is 2.35. The van der Waals surface area contributed by atoms with Crippen molar-refractivity contribution in [2.45, 2.75) is 32.0 Å². The van der Waals surface area contributed by atoms with Crippen LogP contribution in [0.4, 0.5) is 13.2 Å².